The van der Waals surface area contributed by atoms with E-state index in [-0.39, 0.29) is 35.6 Å². The number of hydrogen-bond acceptors (Lipinski definition) is 4. The molecule has 2 aliphatic heterocycles. The van der Waals surface area contributed by atoms with Gasteiger partial charge >= 0.3 is 0 Å². The lowest BCUT2D eigenvalue weighted by Gasteiger charge is -2.34. The summed E-state index contributed by atoms with van der Waals surface area (Å²) in [4.78, 5) is 40.0. The highest BCUT2D eigenvalue weighted by Crippen LogP contribution is 2.20. The van der Waals surface area contributed by atoms with Crippen LogP contribution >= 0.6 is 0 Å². The zero-order chi connectivity index (χ0) is 22.4. The standard InChI is InChI=1S/C24H36N4O3/c1-16(2)21(23(30)26-15-18-8-6-17(3)7-9-18)27-22(29)19-10-13-28(14-11-19)24(31)20-5-4-12-25-20/h6-9,16,19-21,25H,4-5,10-15H2,1-3H3,(H,26,30)(H,27,29)/t20-,21-/m0/s1. The van der Waals surface area contributed by atoms with Gasteiger partial charge in [0.25, 0.3) is 0 Å². The van der Waals surface area contributed by atoms with Crippen molar-refractivity contribution >= 4 is 17.7 Å². The number of benzene rings is 1. The highest BCUT2D eigenvalue weighted by Gasteiger charge is 2.33. The molecule has 3 amide bonds. The van der Waals surface area contributed by atoms with E-state index in [0.29, 0.717) is 32.5 Å². The predicted octanol–water partition coefficient (Wildman–Crippen LogP) is 1.74. The van der Waals surface area contributed by atoms with Crippen LogP contribution in [0.15, 0.2) is 24.3 Å². The number of rotatable bonds is 7. The molecule has 0 radical (unpaired) electrons. The number of piperidine rings is 1. The summed E-state index contributed by atoms with van der Waals surface area (Å²) >= 11 is 0. The van der Waals surface area contributed by atoms with Gasteiger partial charge in [0.2, 0.25) is 17.7 Å². The summed E-state index contributed by atoms with van der Waals surface area (Å²) in [5.74, 6) is -0.269. The van der Waals surface area contributed by atoms with Gasteiger partial charge < -0.3 is 20.9 Å². The quantitative estimate of drug-likeness (QED) is 0.617. The van der Waals surface area contributed by atoms with Crippen LogP contribution in [-0.2, 0) is 20.9 Å². The van der Waals surface area contributed by atoms with Crippen molar-refractivity contribution in [2.75, 3.05) is 19.6 Å². The minimum Gasteiger partial charge on any atom is -0.350 e. The molecule has 0 aromatic heterocycles. The number of carbonyl (C=O) groups excluding carboxylic acids is 3. The van der Waals surface area contributed by atoms with Crippen LogP contribution in [0.4, 0.5) is 0 Å². The molecule has 7 nitrogen and oxygen atoms in total. The Morgan fingerprint density at radius 3 is 2.35 bits per heavy atom. The molecule has 3 N–H and O–H groups in total. The number of amides is 3. The molecule has 3 rings (SSSR count). The summed E-state index contributed by atoms with van der Waals surface area (Å²) in [6.45, 7) is 8.44. The number of nitrogens with one attached hydrogen (secondary N) is 3. The van der Waals surface area contributed by atoms with Crippen molar-refractivity contribution in [3.63, 3.8) is 0 Å². The SMILES string of the molecule is Cc1ccc(CNC(=O)[C@@H](NC(=O)C2CCN(C(=O)[C@@H]3CCCN3)CC2)C(C)C)cc1. The average Bonchev–Trinajstić information content (AvgIpc) is 3.31. The molecule has 0 spiro atoms. The number of aryl methyl sites for hydroxylation is 1. The molecule has 0 saturated carbocycles. The van der Waals surface area contributed by atoms with Gasteiger partial charge in [0.05, 0.1) is 6.04 Å². The lowest BCUT2D eigenvalue weighted by atomic mass is 9.94. The lowest BCUT2D eigenvalue weighted by molar-refractivity contribution is -0.138. The highest BCUT2D eigenvalue weighted by atomic mass is 16.2. The number of hydrogen-bond donors (Lipinski definition) is 3. The molecule has 0 unspecified atom stereocenters. The molecule has 7 heteroatoms. The number of carbonyl (C=O) groups is 3. The molecule has 1 aromatic rings. The van der Waals surface area contributed by atoms with Crippen molar-refractivity contribution < 1.29 is 14.4 Å². The monoisotopic (exact) mass is 428 g/mol. The first-order valence-electron chi connectivity index (χ1n) is 11.5. The summed E-state index contributed by atoms with van der Waals surface area (Å²) in [6, 6.07) is 7.39. The van der Waals surface area contributed by atoms with Crippen molar-refractivity contribution in [3.8, 4) is 0 Å². The summed E-state index contributed by atoms with van der Waals surface area (Å²) in [5.41, 5.74) is 2.20. The topological polar surface area (TPSA) is 90.5 Å². The molecule has 31 heavy (non-hydrogen) atoms. The van der Waals surface area contributed by atoms with Gasteiger partial charge in [-0.25, -0.2) is 0 Å². The number of nitrogens with zero attached hydrogens (tertiary/aromatic N) is 1. The molecule has 170 valence electrons. The minimum atomic E-state index is -0.569. The zero-order valence-corrected chi connectivity index (χ0v) is 18.9. The molecular formula is C24H36N4O3. The Balaban J connectivity index is 1.48. The fourth-order valence-electron chi connectivity index (χ4n) is 4.29. The van der Waals surface area contributed by atoms with Gasteiger partial charge in [0.1, 0.15) is 6.04 Å². The fraction of sp³-hybridized carbons (Fsp3) is 0.625. The molecular weight excluding hydrogens is 392 g/mol. The average molecular weight is 429 g/mol. The third-order valence-corrected chi connectivity index (χ3v) is 6.37. The van der Waals surface area contributed by atoms with Gasteiger partial charge in [0.15, 0.2) is 0 Å². The Hall–Kier alpha value is -2.41. The van der Waals surface area contributed by atoms with Gasteiger partial charge in [0, 0.05) is 25.6 Å². The normalized spacial score (nSPS) is 20.5. The van der Waals surface area contributed by atoms with Crippen molar-refractivity contribution in [2.45, 2.75) is 65.1 Å². The molecule has 2 fully saturated rings. The molecule has 0 bridgehead atoms. The Bertz CT molecular complexity index is 764. The predicted molar refractivity (Wildman–Crippen MR) is 120 cm³/mol. The van der Waals surface area contributed by atoms with E-state index in [1.165, 1.54) is 5.56 Å². The van der Waals surface area contributed by atoms with Gasteiger partial charge in [-0.3, -0.25) is 14.4 Å². The molecule has 0 aliphatic carbocycles. The highest BCUT2D eigenvalue weighted by molar-refractivity contribution is 5.89. The van der Waals surface area contributed by atoms with Crippen LogP contribution in [0.25, 0.3) is 0 Å². The second-order valence-electron chi connectivity index (χ2n) is 9.18. The van der Waals surface area contributed by atoms with E-state index in [2.05, 4.69) is 16.0 Å². The Morgan fingerprint density at radius 2 is 1.77 bits per heavy atom. The first kappa shape index (κ1) is 23.3. The van der Waals surface area contributed by atoms with E-state index < -0.39 is 6.04 Å². The summed E-state index contributed by atoms with van der Waals surface area (Å²) in [6.07, 6.45) is 3.21. The van der Waals surface area contributed by atoms with E-state index in [9.17, 15) is 14.4 Å². The Labute approximate surface area is 185 Å². The van der Waals surface area contributed by atoms with Crippen LogP contribution in [0.1, 0.15) is 50.7 Å². The third-order valence-electron chi connectivity index (χ3n) is 6.37. The Morgan fingerprint density at radius 1 is 1.10 bits per heavy atom. The van der Waals surface area contributed by atoms with E-state index >= 15 is 0 Å². The van der Waals surface area contributed by atoms with E-state index in [1.807, 2.05) is 49.9 Å². The minimum absolute atomic E-state index is 0.0166. The molecule has 2 atom stereocenters. The second-order valence-corrected chi connectivity index (χ2v) is 9.18. The maximum atomic E-state index is 12.9. The lowest BCUT2D eigenvalue weighted by Crippen LogP contribution is -2.53. The second kappa shape index (κ2) is 10.8. The van der Waals surface area contributed by atoms with E-state index in [1.54, 1.807) is 0 Å². The van der Waals surface area contributed by atoms with Gasteiger partial charge in [-0.05, 0) is 50.6 Å². The van der Waals surface area contributed by atoms with Crippen molar-refractivity contribution in [3.05, 3.63) is 35.4 Å². The molecule has 1 aromatic carbocycles. The van der Waals surface area contributed by atoms with Crippen LogP contribution in [0, 0.1) is 18.8 Å². The summed E-state index contributed by atoms with van der Waals surface area (Å²) in [5, 5.41) is 9.16. The summed E-state index contributed by atoms with van der Waals surface area (Å²) in [7, 11) is 0. The van der Waals surface area contributed by atoms with Gasteiger partial charge in [-0.2, -0.15) is 0 Å². The number of likely N-dealkylation sites (tertiary alicyclic amines) is 1. The van der Waals surface area contributed by atoms with Gasteiger partial charge in [-0.1, -0.05) is 43.7 Å². The summed E-state index contributed by atoms with van der Waals surface area (Å²) < 4.78 is 0. The maximum absolute atomic E-state index is 12.9. The molecule has 2 saturated heterocycles. The molecule has 2 aliphatic rings. The zero-order valence-electron chi connectivity index (χ0n) is 18.9. The first-order valence-corrected chi connectivity index (χ1v) is 11.5. The third kappa shape index (κ3) is 6.29. The van der Waals surface area contributed by atoms with Crippen LogP contribution in [-0.4, -0.2) is 54.3 Å². The fourth-order valence-corrected chi connectivity index (χ4v) is 4.29. The van der Waals surface area contributed by atoms with Crippen LogP contribution in [0.2, 0.25) is 0 Å². The van der Waals surface area contributed by atoms with Crippen LogP contribution in [0.3, 0.4) is 0 Å². The van der Waals surface area contributed by atoms with E-state index in [0.717, 1.165) is 24.9 Å². The van der Waals surface area contributed by atoms with Crippen LogP contribution < -0.4 is 16.0 Å². The van der Waals surface area contributed by atoms with Crippen molar-refractivity contribution in [1.29, 1.82) is 0 Å². The largest absolute Gasteiger partial charge is 0.350 e. The first-order chi connectivity index (χ1) is 14.8. The van der Waals surface area contributed by atoms with Crippen LogP contribution in [0.5, 0.6) is 0 Å². The van der Waals surface area contributed by atoms with Crippen molar-refractivity contribution in [2.24, 2.45) is 11.8 Å². The van der Waals surface area contributed by atoms with Crippen molar-refractivity contribution in [1.82, 2.24) is 20.9 Å². The van der Waals surface area contributed by atoms with Gasteiger partial charge in [-0.15, -0.1) is 0 Å². The Kier molecular flexibility index (Phi) is 8.07. The molecule has 2 heterocycles. The smallest absolute Gasteiger partial charge is 0.243 e. The maximum Gasteiger partial charge on any atom is 0.243 e. The van der Waals surface area contributed by atoms with E-state index in [4.69, 9.17) is 0 Å².